The molecule has 0 bridgehead atoms. The van der Waals surface area contributed by atoms with Crippen molar-refractivity contribution < 1.29 is 9.59 Å². The zero-order valence-electron chi connectivity index (χ0n) is 23.3. The Balaban J connectivity index is 0.00000370. The lowest BCUT2D eigenvalue weighted by Crippen LogP contribution is -2.58. The van der Waals surface area contributed by atoms with E-state index < -0.39 is 11.2 Å². The average molecular weight is 573 g/mol. The van der Waals surface area contributed by atoms with Crippen LogP contribution in [-0.2, 0) is 17.8 Å². The van der Waals surface area contributed by atoms with E-state index in [4.69, 9.17) is 11.5 Å². The van der Waals surface area contributed by atoms with Gasteiger partial charge in [0.15, 0.2) is 0 Å². The highest BCUT2D eigenvalue weighted by Crippen LogP contribution is 2.28. The molecule has 1 aromatic heterocycles. The second-order valence-electron chi connectivity index (χ2n) is 11.6. The first-order valence-electron chi connectivity index (χ1n) is 13.9. The Morgan fingerprint density at radius 2 is 1.65 bits per heavy atom. The van der Waals surface area contributed by atoms with E-state index in [0.29, 0.717) is 38.3 Å². The predicted molar refractivity (Wildman–Crippen MR) is 157 cm³/mol. The third-order valence-electron chi connectivity index (χ3n) is 8.21. The Labute approximate surface area is 241 Å². The molecule has 1 aliphatic carbocycles. The zero-order chi connectivity index (χ0) is 27.7. The number of nitrogens with two attached hydrogens (primary N) is 2. The smallest absolute Gasteiger partial charge is 0.338 e. The summed E-state index contributed by atoms with van der Waals surface area (Å²) < 4.78 is 1.50. The van der Waals surface area contributed by atoms with Crippen LogP contribution in [0.1, 0.15) is 50.7 Å². The quantitative estimate of drug-likeness (QED) is 0.506. The molecule has 0 unspecified atom stereocenters. The Hall–Kier alpha value is -2.99. The standard InChI is InChI=1S/C28H40N8O3.ClH/c1-28(2,30)25(37)33-13-15-34(16-14-33)26(38)31-24-10-12-36(27(39)32-24)23-6-3-20-18-35(11-9-19(20)17-23)22-7-4-21(29)5-8-22;/h3,6,10,12,17,21-22H,4-5,7-9,11,13-16,18,29-30H2,1-2H3,(H,31,32,38,39);1H. The molecule has 0 radical (unpaired) electrons. The molecule has 0 atom stereocenters. The van der Waals surface area contributed by atoms with E-state index in [1.165, 1.54) is 28.5 Å². The number of halogens is 1. The zero-order valence-corrected chi connectivity index (χ0v) is 24.2. The van der Waals surface area contributed by atoms with Gasteiger partial charge in [0.1, 0.15) is 5.82 Å². The minimum atomic E-state index is -0.944. The number of hydrogen-bond acceptors (Lipinski definition) is 7. The van der Waals surface area contributed by atoms with Gasteiger partial charge in [0, 0.05) is 57.5 Å². The molecule has 1 aromatic carbocycles. The average Bonchev–Trinajstić information content (AvgIpc) is 2.92. The Bertz CT molecular complexity index is 1280. The number of benzene rings is 1. The first-order chi connectivity index (χ1) is 18.6. The van der Waals surface area contributed by atoms with Gasteiger partial charge in [-0.25, -0.2) is 9.59 Å². The number of anilines is 1. The number of urea groups is 1. The third kappa shape index (κ3) is 6.65. The summed E-state index contributed by atoms with van der Waals surface area (Å²) in [5.74, 6) is 0.0606. The molecule has 1 saturated carbocycles. The molecule has 2 fully saturated rings. The van der Waals surface area contributed by atoms with E-state index in [1.807, 2.05) is 6.07 Å². The van der Waals surface area contributed by atoms with Gasteiger partial charge >= 0.3 is 11.7 Å². The number of amides is 3. The number of carbonyl (C=O) groups is 2. The second kappa shape index (κ2) is 12.3. The number of fused-ring (bicyclic) bond motifs is 1. The molecule has 3 aliphatic rings. The van der Waals surface area contributed by atoms with Crippen molar-refractivity contribution in [2.75, 3.05) is 38.0 Å². The van der Waals surface area contributed by atoms with Crippen molar-refractivity contribution in [2.45, 2.75) is 70.1 Å². The molecule has 0 spiro atoms. The van der Waals surface area contributed by atoms with Gasteiger partial charge < -0.3 is 21.3 Å². The summed E-state index contributed by atoms with van der Waals surface area (Å²) >= 11 is 0. The number of nitrogens with one attached hydrogen (secondary N) is 1. The van der Waals surface area contributed by atoms with Crippen molar-refractivity contribution in [3.05, 3.63) is 52.1 Å². The van der Waals surface area contributed by atoms with Gasteiger partial charge in [-0.3, -0.25) is 19.6 Å². The molecule has 2 aliphatic heterocycles. The molecule has 5 N–H and O–H groups in total. The Morgan fingerprint density at radius 1 is 0.975 bits per heavy atom. The minimum absolute atomic E-state index is 0. The van der Waals surface area contributed by atoms with E-state index in [0.717, 1.165) is 38.0 Å². The summed E-state index contributed by atoms with van der Waals surface area (Å²) in [4.78, 5) is 48.0. The lowest BCUT2D eigenvalue weighted by Gasteiger charge is -2.39. The van der Waals surface area contributed by atoms with Crippen molar-refractivity contribution in [3.63, 3.8) is 0 Å². The SMILES string of the molecule is CC(C)(N)C(=O)N1CCN(C(=O)Nc2ccn(-c3ccc4c(c3)CCN(C3CCC(N)CC3)C4)c(=O)n2)CC1.Cl. The van der Waals surface area contributed by atoms with Gasteiger partial charge in [-0.2, -0.15) is 4.98 Å². The highest BCUT2D eigenvalue weighted by atomic mass is 35.5. The number of aromatic nitrogens is 2. The van der Waals surface area contributed by atoms with Crippen LogP contribution in [0.5, 0.6) is 0 Å². The maximum atomic E-state index is 12.9. The maximum Gasteiger partial charge on any atom is 0.354 e. The van der Waals surface area contributed by atoms with Crippen LogP contribution in [0.4, 0.5) is 10.6 Å². The van der Waals surface area contributed by atoms with Gasteiger partial charge in [0.05, 0.1) is 11.2 Å². The van der Waals surface area contributed by atoms with Gasteiger partial charge in [-0.15, -0.1) is 12.4 Å². The van der Waals surface area contributed by atoms with E-state index in [2.05, 4.69) is 27.3 Å². The molecule has 12 heteroatoms. The maximum absolute atomic E-state index is 12.9. The summed E-state index contributed by atoms with van der Waals surface area (Å²) in [6, 6.07) is 8.39. The number of carbonyl (C=O) groups excluding carboxylic acids is 2. The highest BCUT2D eigenvalue weighted by Gasteiger charge is 2.31. The molecule has 1 saturated heterocycles. The van der Waals surface area contributed by atoms with Gasteiger partial charge in [0.2, 0.25) is 5.91 Å². The first-order valence-corrected chi connectivity index (χ1v) is 13.9. The first kappa shape index (κ1) is 30.0. The predicted octanol–water partition coefficient (Wildman–Crippen LogP) is 1.70. The van der Waals surface area contributed by atoms with Crippen LogP contribution in [0.2, 0.25) is 0 Å². The molecule has 2 aromatic rings. The lowest BCUT2D eigenvalue weighted by molar-refractivity contribution is -0.137. The number of piperazine rings is 1. The fourth-order valence-electron chi connectivity index (χ4n) is 5.87. The van der Waals surface area contributed by atoms with E-state index in [9.17, 15) is 14.4 Å². The molecule has 40 heavy (non-hydrogen) atoms. The molecule has 3 amide bonds. The van der Waals surface area contributed by atoms with Crippen LogP contribution in [0.3, 0.4) is 0 Å². The van der Waals surface area contributed by atoms with E-state index in [1.54, 1.807) is 35.9 Å². The minimum Gasteiger partial charge on any atom is -0.338 e. The largest absolute Gasteiger partial charge is 0.354 e. The Kier molecular flexibility index (Phi) is 9.19. The fraction of sp³-hybridized carbons (Fsp3) is 0.571. The van der Waals surface area contributed by atoms with Crippen LogP contribution >= 0.6 is 12.4 Å². The van der Waals surface area contributed by atoms with E-state index in [-0.39, 0.29) is 30.2 Å². The van der Waals surface area contributed by atoms with Crippen LogP contribution in [0.15, 0.2) is 35.3 Å². The summed E-state index contributed by atoms with van der Waals surface area (Å²) in [5.41, 5.74) is 13.9. The van der Waals surface area contributed by atoms with Crippen molar-refractivity contribution in [1.82, 2.24) is 24.3 Å². The number of rotatable bonds is 4. The monoisotopic (exact) mass is 572 g/mol. The van der Waals surface area contributed by atoms with Crippen molar-refractivity contribution in [3.8, 4) is 5.69 Å². The van der Waals surface area contributed by atoms with Crippen molar-refractivity contribution in [1.29, 1.82) is 0 Å². The van der Waals surface area contributed by atoms with Crippen LogP contribution in [0.25, 0.3) is 5.69 Å². The number of hydrogen-bond donors (Lipinski definition) is 3. The molecular weight excluding hydrogens is 532 g/mol. The summed E-state index contributed by atoms with van der Waals surface area (Å²) in [6.07, 6.45) is 7.13. The van der Waals surface area contributed by atoms with Gasteiger partial charge in [-0.05, 0) is 75.3 Å². The third-order valence-corrected chi connectivity index (χ3v) is 8.21. The van der Waals surface area contributed by atoms with Crippen LogP contribution in [-0.4, -0.2) is 86.5 Å². The summed E-state index contributed by atoms with van der Waals surface area (Å²) in [6.45, 7) is 6.88. The molecule has 3 heterocycles. The van der Waals surface area contributed by atoms with Crippen LogP contribution < -0.4 is 22.5 Å². The topological polar surface area (TPSA) is 143 Å². The van der Waals surface area contributed by atoms with Gasteiger partial charge in [-0.1, -0.05) is 6.07 Å². The number of nitrogens with zero attached hydrogens (tertiary/aromatic N) is 5. The van der Waals surface area contributed by atoms with E-state index >= 15 is 0 Å². The van der Waals surface area contributed by atoms with Gasteiger partial charge in [0.25, 0.3) is 0 Å². The van der Waals surface area contributed by atoms with Crippen molar-refractivity contribution in [2.24, 2.45) is 11.5 Å². The molecule has 11 nitrogen and oxygen atoms in total. The summed E-state index contributed by atoms with van der Waals surface area (Å²) in [5, 5.41) is 2.72. The molecule has 218 valence electrons. The normalized spacial score (nSPS) is 21.8. The van der Waals surface area contributed by atoms with Crippen LogP contribution in [0, 0.1) is 0 Å². The summed E-state index contributed by atoms with van der Waals surface area (Å²) in [7, 11) is 0. The van der Waals surface area contributed by atoms with Crippen molar-refractivity contribution >= 4 is 30.2 Å². The molecule has 5 rings (SSSR count). The molecular formula is C28H41ClN8O3. The fourth-order valence-corrected chi connectivity index (χ4v) is 5.87. The Morgan fingerprint density at radius 3 is 2.30 bits per heavy atom. The highest BCUT2D eigenvalue weighted by molar-refractivity contribution is 5.89. The lowest BCUT2D eigenvalue weighted by atomic mass is 9.88. The second-order valence-corrected chi connectivity index (χ2v) is 11.6.